The number of likely N-dealkylation sites (tertiary alicyclic amines) is 1. The van der Waals surface area contributed by atoms with Crippen LogP contribution in [-0.4, -0.2) is 35.5 Å². The van der Waals surface area contributed by atoms with Crippen LogP contribution in [0.2, 0.25) is 0 Å². The second-order valence-corrected chi connectivity index (χ2v) is 6.12. The first-order chi connectivity index (χ1) is 9.41. The molecule has 1 aromatic rings. The minimum Gasteiger partial charge on any atom is -0.347 e. The summed E-state index contributed by atoms with van der Waals surface area (Å²) >= 11 is 0. The molecule has 1 aliphatic heterocycles. The fraction of sp³-hybridized carbons (Fsp3) is 0.562. The zero-order valence-corrected chi connectivity index (χ0v) is 12.4. The zero-order chi connectivity index (χ0) is 14.8. The van der Waals surface area contributed by atoms with Gasteiger partial charge in [0.1, 0.15) is 5.82 Å². The highest BCUT2D eigenvalue weighted by Gasteiger charge is 2.32. The number of carbonyl (C=O) groups is 1. The predicted molar refractivity (Wildman–Crippen MR) is 78.2 cm³/mol. The molecule has 0 spiro atoms. The van der Waals surface area contributed by atoms with Crippen LogP contribution < -0.4 is 5.32 Å². The van der Waals surface area contributed by atoms with Gasteiger partial charge in [0.15, 0.2) is 0 Å². The summed E-state index contributed by atoms with van der Waals surface area (Å²) < 4.78 is 13.6. The van der Waals surface area contributed by atoms with Gasteiger partial charge in [-0.3, -0.25) is 4.79 Å². The van der Waals surface area contributed by atoms with Crippen LogP contribution >= 0.6 is 0 Å². The van der Waals surface area contributed by atoms with Gasteiger partial charge in [-0.25, -0.2) is 4.39 Å². The molecule has 1 fully saturated rings. The summed E-state index contributed by atoms with van der Waals surface area (Å²) in [5.41, 5.74) is -0.120. The number of carbonyl (C=O) groups excluding carboxylic acids is 1. The van der Waals surface area contributed by atoms with E-state index in [2.05, 4.69) is 24.1 Å². The van der Waals surface area contributed by atoms with Gasteiger partial charge in [0, 0.05) is 24.7 Å². The second-order valence-electron chi connectivity index (χ2n) is 6.12. The average Bonchev–Trinajstić information content (AvgIpc) is 2.39. The molecule has 0 radical (unpaired) electrons. The normalized spacial score (nSPS) is 19.1. The summed E-state index contributed by atoms with van der Waals surface area (Å²) in [7, 11) is 0. The molecule has 1 amide bonds. The number of benzene rings is 1. The van der Waals surface area contributed by atoms with E-state index < -0.39 is 5.82 Å². The minimum absolute atomic E-state index is 0.125. The molecule has 4 heteroatoms. The van der Waals surface area contributed by atoms with Crippen LogP contribution in [0.4, 0.5) is 4.39 Å². The van der Waals surface area contributed by atoms with Crippen molar-refractivity contribution in [1.29, 1.82) is 0 Å². The predicted octanol–water partition coefficient (Wildman–Crippen LogP) is 2.82. The van der Waals surface area contributed by atoms with Gasteiger partial charge in [0.2, 0.25) is 0 Å². The Morgan fingerprint density at radius 2 is 1.90 bits per heavy atom. The van der Waals surface area contributed by atoms with Gasteiger partial charge >= 0.3 is 0 Å². The molecule has 1 aliphatic rings. The number of piperidine rings is 1. The molecular weight excluding hydrogens is 255 g/mol. The molecule has 1 heterocycles. The van der Waals surface area contributed by atoms with Crippen molar-refractivity contribution in [3.8, 4) is 0 Å². The van der Waals surface area contributed by atoms with Gasteiger partial charge in [-0.2, -0.15) is 0 Å². The van der Waals surface area contributed by atoms with Gasteiger partial charge in [-0.1, -0.05) is 12.1 Å². The standard InChI is InChI=1S/C16H23FN2O/c1-12(2)19-10-8-16(3,9-11-19)18-15(20)13-6-4-5-7-14(13)17/h4-7,12H,8-11H2,1-3H3,(H,18,20). The van der Waals surface area contributed by atoms with Gasteiger partial charge in [0.05, 0.1) is 5.56 Å². The molecule has 2 rings (SSSR count). The van der Waals surface area contributed by atoms with E-state index in [1.807, 2.05) is 6.92 Å². The van der Waals surface area contributed by atoms with Crippen molar-refractivity contribution in [1.82, 2.24) is 10.2 Å². The molecule has 0 unspecified atom stereocenters. The van der Waals surface area contributed by atoms with Crippen LogP contribution in [0.1, 0.15) is 44.0 Å². The third kappa shape index (κ3) is 3.37. The van der Waals surface area contributed by atoms with Crippen molar-refractivity contribution >= 4 is 5.91 Å². The highest BCUT2D eigenvalue weighted by Crippen LogP contribution is 2.23. The van der Waals surface area contributed by atoms with Crippen molar-refractivity contribution in [3.05, 3.63) is 35.6 Å². The van der Waals surface area contributed by atoms with E-state index in [-0.39, 0.29) is 17.0 Å². The number of hydrogen-bond acceptors (Lipinski definition) is 2. The summed E-state index contributed by atoms with van der Waals surface area (Å²) in [6.07, 6.45) is 1.79. The zero-order valence-electron chi connectivity index (χ0n) is 12.4. The highest BCUT2D eigenvalue weighted by molar-refractivity contribution is 5.94. The lowest BCUT2D eigenvalue weighted by Gasteiger charge is -2.41. The van der Waals surface area contributed by atoms with E-state index in [0.717, 1.165) is 25.9 Å². The molecule has 1 saturated heterocycles. The van der Waals surface area contributed by atoms with Crippen molar-refractivity contribution in [3.63, 3.8) is 0 Å². The molecule has 0 aromatic heterocycles. The maximum absolute atomic E-state index is 13.6. The van der Waals surface area contributed by atoms with Crippen molar-refractivity contribution in [2.45, 2.75) is 45.2 Å². The fourth-order valence-corrected chi connectivity index (χ4v) is 2.65. The van der Waals surface area contributed by atoms with Gasteiger partial charge in [0.25, 0.3) is 5.91 Å². The fourth-order valence-electron chi connectivity index (χ4n) is 2.65. The Kier molecular flexibility index (Phi) is 4.43. The van der Waals surface area contributed by atoms with Crippen molar-refractivity contribution in [2.24, 2.45) is 0 Å². The third-order valence-electron chi connectivity index (χ3n) is 4.17. The van der Waals surface area contributed by atoms with E-state index in [1.165, 1.54) is 12.1 Å². The molecule has 0 atom stereocenters. The Morgan fingerprint density at radius 3 is 2.45 bits per heavy atom. The molecule has 0 bridgehead atoms. The lowest BCUT2D eigenvalue weighted by atomic mass is 9.88. The summed E-state index contributed by atoms with van der Waals surface area (Å²) in [5, 5.41) is 3.01. The Balaban J connectivity index is 2.00. The molecule has 3 nitrogen and oxygen atoms in total. The van der Waals surface area contributed by atoms with E-state index in [0.29, 0.717) is 6.04 Å². The maximum atomic E-state index is 13.6. The number of halogens is 1. The van der Waals surface area contributed by atoms with Crippen LogP contribution in [0.25, 0.3) is 0 Å². The molecule has 0 saturated carbocycles. The van der Waals surface area contributed by atoms with E-state index in [9.17, 15) is 9.18 Å². The topological polar surface area (TPSA) is 32.3 Å². The van der Waals surface area contributed by atoms with Crippen LogP contribution in [0.3, 0.4) is 0 Å². The third-order valence-corrected chi connectivity index (χ3v) is 4.17. The summed E-state index contributed by atoms with van der Waals surface area (Å²) in [4.78, 5) is 14.6. The lowest BCUT2D eigenvalue weighted by Crippen LogP contribution is -2.54. The second kappa shape index (κ2) is 5.92. The minimum atomic E-state index is -0.465. The van der Waals surface area contributed by atoms with Gasteiger partial charge in [-0.15, -0.1) is 0 Å². The molecule has 1 N–H and O–H groups in total. The quantitative estimate of drug-likeness (QED) is 0.922. The first-order valence-electron chi connectivity index (χ1n) is 7.22. The smallest absolute Gasteiger partial charge is 0.254 e. The lowest BCUT2D eigenvalue weighted by molar-refractivity contribution is 0.0798. The first kappa shape index (κ1) is 15.0. The monoisotopic (exact) mass is 278 g/mol. The van der Waals surface area contributed by atoms with E-state index in [1.54, 1.807) is 12.1 Å². The van der Waals surface area contributed by atoms with Crippen LogP contribution in [0.5, 0.6) is 0 Å². The van der Waals surface area contributed by atoms with Crippen molar-refractivity contribution < 1.29 is 9.18 Å². The van der Waals surface area contributed by atoms with Crippen LogP contribution in [-0.2, 0) is 0 Å². The largest absolute Gasteiger partial charge is 0.347 e. The van der Waals surface area contributed by atoms with Crippen molar-refractivity contribution in [2.75, 3.05) is 13.1 Å². The molecule has 0 aliphatic carbocycles. The molecule has 20 heavy (non-hydrogen) atoms. The number of rotatable bonds is 3. The van der Waals surface area contributed by atoms with Gasteiger partial charge in [-0.05, 0) is 45.7 Å². The Bertz CT molecular complexity index is 479. The van der Waals surface area contributed by atoms with Gasteiger partial charge < -0.3 is 10.2 Å². The SMILES string of the molecule is CC(C)N1CCC(C)(NC(=O)c2ccccc2F)CC1. The van der Waals surface area contributed by atoms with E-state index >= 15 is 0 Å². The van der Waals surface area contributed by atoms with Crippen LogP contribution in [0, 0.1) is 5.82 Å². The maximum Gasteiger partial charge on any atom is 0.254 e. The number of nitrogens with zero attached hydrogens (tertiary/aromatic N) is 1. The Labute approximate surface area is 120 Å². The molecule has 1 aromatic carbocycles. The summed E-state index contributed by atoms with van der Waals surface area (Å²) in [6, 6.07) is 6.65. The van der Waals surface area contributed by atoms with E-state index in [4.69, 9.17) is 0 Å². The number of hydrogen-bond donors (Lipinski definition) is 1. The molecular formula is C16H23FN2O. The average molecular weight is 278 g/mol. The number of amides is 1. The number of nitrogens with one attached hydrogen (secondary N) is 1. The Morgan fingerprint density at radius 1 is 1.30 bits per heavy atom. The first-order valence-corrected chi connectivity index (χ1v) is 7.22. The van der Waals surface area contributed by atoms with Crippen LogP contribution in [0.15, 0.2) is 24.3 Å². The summed E-state index contributed by atoms with van der Waals surface area (Å²) in [5.74, 6) is -0.781. The Hall–Kier alpha value is -1.42. The molecule has 110 valence electrons. The summed E-state index contributed by atoms with van der Waals surface area (Å²) in [6.45, 7) is 8.34. The highest BCUT2D eigenvalue weighted by atomic mass is 19.1.